The maximum Gasteiger partial charge on any atom is 0.255 e. The lowest BCUT2D eigenvalue weighted by molar-refractivity contribution is 0.0730. The average Bonchev–Trinajstić information content (AvgIpc) is 3.12. The van der Waals surface area contributed by atoms with E-state index in [1.807, 2.05) is 21.7 Å². The van der Waals surface area contributed by atoms with Crippen LogP contribution in [-0.2, 0) is 6.54 Å². The van der Waals surface area contributed by atoms with Crippen molar-refractivity contribution in [3.63, 3.8) is 0 Å². The number of halogens is 2. The van der Waals surface area contributed by atoms with E-state index >= 15 is 0 Å². The standard InChI is InChI=1S/C15H13ClFNOS/c16-14-7-11(17)1-4-13(14)15(19)18(12-2-3-12)8-10-5-6-20-9-10/h1,4-7,9,12H,2-3,8H2. The van der Waals surface area contributed by atoms with Gasteiger partial charge >= 0.3 is 0 Å². The molecule has 2 aromatic rings. The van der Waals surface area contributed by atoms with Gasteiger partial charge in [-0.2, -0.15) is 11.3 Å². The van der Waals surface area contributed by atoms with Crippen LogP contribution in [0, 0.1) is 5.82 Å². The number of hydrogen-bond acceptors (Lipinski definition) is 2. The highest BCUT2D eigenvalue weighted by molar-refractivity contribution is 7.07. The molecule has 1 amide bonds. The van der Waals surface area contributed by atoms with Gasteiger partial charge in [0.25, 0.3) is 5.91 Å². The van der Waals surface area contributed by atoms with Gasteiger partial charge < -0.3 is 4.90 Å². The molecule has 1 aliphatic rings. The summed E-state index contributed by atoms with van der Waals surface area (Å²) in [6.45, 7) is 0.584. The molecule has 0 unspecified atom stereocenters. The number of carbonyl (C=O) groups is 1. The molecule has 0 saturated heterocycles. The van der Waals surface area contributed by atoms with Gasteiger partial charge in [-0.05, 0) is 53.4 Å². The summed E-state index contributed by atoms with van der Waals surface area (Å²) in [5.41, 5.74) is 1.49. The van der Waals surface area contributed by atoms with Gasteiger partial charge in [-0.15, -0.1) is 0 Å². The molecule has 1 fully saturated rings. The summed E-state index contributed by atoms with van der Waals surface area (Å²) in [7, 11) is 0. The molecule has 5 heteroatoms. The first-order valence-corrected chi connectivity index (χ1v) is 7.74. The van der Waals surface area contributed by atoms with E-state index in [1.165, 1.54) is 18.2 Å². The lowest BCUT2D eigenvalue weighted by Crippen LogP contribution is -2.32. The van der Waals surface area contributed by atoms with Gasteiger partial charge in [0.15, 0.2) is 0 Å². The largest absolute Gasteiger partial charge is 0.331 e. The number of nitrogens with zero attached hydrogens (tertiary/aromatic N) is 1. The minimum absolute atomic E-state index is 0.122. The number of benzene rings is 1. The van der Waals surface area contributed by atoms with Crippen LogP contribution in [0.4, 0.5) is 4.39 Å². The van der Waals surface area contributed by atoms with Gasteiger partial charge in [-0.25, -0.2) is 4.39 Å². The fourth-order valence-electron chi connectivity index (χ4n) is 2.15. The molecule has 0 N–H and O–H groups in total. The lowest BCUT2D eigenvalue weighted by atomic mass is 10.1. The van der Waals surface area contributed by atoms with E-state index in [2.05, 4.69) is 0 Å². The normalized spacial score (nSPS) is 14.3. The van der Waals surface area contributed by atoms with Crippen LogP contribution in [-0.4, -0.2) is 16.8 Å². The Morgan fingerprint density at radius 2 is 2.20 bits per heavy atom. The molecule has 3 rings (SSSR count). The molecule has 0 aliphatic heterocycles. The predicted octanol–water partition coefficient (Wildman–Crippen LogP) is 4.35. The summed E-state index contributed by atoms with van der Waals surface area (Å²) in [5.74, 6) is -0.550. The summed E-state index contributed by atoms with van der Waals surface area (Å²) in [6.07, 6.45) is 2.05. The van der Waals surface area contributed by atoms with Crippen molar-refractivity contribution in [2.75, 3.05) is 0 Å². The van der Waals surface area contributed by atoms with Gasteiger partial charge in [0.1, 0.15) is 5.82 Å². The zero-order valence-corrected chi connectivity index (χ0v) is 12.3. The van der Waals surface area contributed by atoms with Crippen molar-refractivity contribution in [3.05, 3.63) is 57.0 Å². The molecule has 104 valence electrons. The van der Waals surface area contributed by atoms with E-state index in [9.17, 15) is 9.18 Å². The summed E-state index contributed by atoms with van der Waals surface area (Å²) in [6, 6.07) is 6.21. The van der Waals surface area contributed by atoms with Crippen molar-refractivity contribution >= 4 is 28.8 Å². The first-order chi connectivity index (χ1) is 9.65. The van der Waals surface area contributed by atoms with Crippen LogP contribution in [0.2, 0.25) is 5.02 Å². The van der Waals surface area contributed by atoms with Gasteiger partial charge in [0.05, 0.1) is 10.6 Å². The Morgan fingerprint density at radius 3 is 2.80 bits per heavy atom. The van der Waals surface area contributed by atoms with E-state index in [4.69, 9.17) is 11.6 Å². The van der Waals surface area contributed by atoms with Gasteiger partial charge in [-0.1, -0.05) is 11.6 Å². The van der Waals surface area contributed by atoms with E-state index in [-0.39, 0.29) is 17.0 Å². The van der Waals surface area contributed by atoms with Gasteiger partial charge in [-0.3, -0.25) is 4.79 Å². The van der Waals surface area contributed by atoms with Crippen LogP contribution in [0.3, 0.4) is 0 Å². The summed E-state index contributed by atoms with van der Waals surface area (Å²) >= 11 is 7.60. The molecule has 0 radical (unpaired) electrons. The maximum atomic E-state index is 13.1. The highest BCUT2D eigenvalue weighted by Gasteiger charge is 2.33. The molecule has 1 saturated carbocycles. The first kappa shape index (κ1) is 13.6. The number of hydrogen-bond donors (Lipinski definition) is 0. The third-order valence-electron chi connectivity index (χ3n) is 3.34. The third kappa shape index (κ3) is 2.86. The first-order valence-electron chi connectivity index (χ1n) is 6.42. The summed E-state index contributed by atoms with van der Waals surface area (Å²) in [4.78, 5) is 14.4. The highest BCUT2D eigenvalue weighted by atomic mass is 35.5. The van der Waals surface area contributed by atoms with E-state index in [1.54, 1.807) is 11.3 Å². The van der Waals surface area contributed by atoms with Crippen LogP contribution in [0.5, 0.6) is 0 Å². The van der Waals surface area contributed by atoms with Crippen molar-refractivity contribution in [2.24, 2.45) is 0 Å². The fourth-order valence-corrected chi connectivity index (χ4v) is 3.06. The monoisotopic (exact) mass is 309 g/mol. The molecule has 1 aromatic carbocycles. The predicted molar refractivity (Wildman–Crippen MR) is 78.6 cm³/mol. The highest BCUT2D eigenvalue weighted by Crippen LogP contribution is 2.31. The molecular formula is C15H13ClFNOS. The quantitative estimate of drug-likeness (QED) is 0.822. The minimum atomic E-state index is -0.428. The molecule has 1 aromatic heterocycles. The SMILES string of the molecule is O=C(c1ccc(F)cc1Cl)N(Cc1ccsc1)C1CC1. The number of thiophene rings is 1. The minimum Gasteiger partial charge on any atom is -0.331 e. The topological polar surface area (TPSA) is 20.3 Å². The Hall–Kier alpha value is -1.39. The molecule has 0 spiro atoms. The Labute approximate surface area is 125 Å². The zero-order valence-electron chi connectivity index (χ0n) is 10.7. The summed E-state index contributed by atoms with van der Waals surface area (Å²) < 4.78 is 13.1. The molecule has 2 nitrogen and oxygen atoms in total. The van der Waals surface area contributed by atoms with Crippen molar-refractivity contribution in [2.45, 2.75) is 25.4 Å². The smallest absolute Gasteiger partial charge is 0.255 e. The van der Waals surface area contributed by atoms with E-state index < -0.39 is 5.82 Å². The van der Waals surface area contributed by atoms with Crippen LogP contribution < -0.4 is 0 Å². The van der Waals surface area contributed by atoms with Crippen LogP contribution in [0.25, 0.3) is 0 Å². The Kier molecular flexibility index (Phi) is 3.76. The van der Waals surface area contributed by atoms with Gasteiger partial charge in [0.2, 0.25) is 0 Å². The maximum absolute atomic E-state index is 13.1. The molecule has 1 heterocycles. The van der Waals surface area contributed by atoms with Crippen molar-refractivity contribution < 1.29 is 9.18 Å². The second-order valence-electron chi connectivity index (χ2n) is 4.92. The molecule has 20 heavy (non-hydrogen) atoms. The average molecular weight is 310 g/mol. The van der Waals surface area contributed by atoms with E-state index in [0.717, 1.165) is 18.4 Å². The van der Waals surface area contributed by atoms with Crippen molar-refractivity contribution in [3.8, 4) is 0 Å². The third-order valence-corrected chi connectivity index (χ3v) is 4.39. The fraction of sp³-hybridized carbons (Fsp3) is 0.267. The molecule has 0 atom stereocenters. The number of carbonyl (C=O) groups excluding carboxylic acids is 1. The van der Waals surface area contributed by atoms with Crippen molar-refractivity contribution in [1.29, 1.82) is 0 Å². The summed E-state index contributed by atoms with van der Waals surface area (Å²) in [5, 5.41) is 4.20. The molecular weight excluding hydrogens is 297 g/mol. The van der Waals surface area contributed by atoms with Gasteiger partial charge in [0, 0.05) is 12.6 Å². The Bertz CT molecular complexity index is 625. The molecule has 0 bridgehead atoms. The second-order valence-corrected chi connectivity index (χ2v) is 6.11. The zero-order chi connectivity index (χ0) is 14.1. The van der Waals surface area contributed by atoms with E-state index in [0.29, 0.717) is 12.1 Å². The lowest BCUT2D eigenvalue weighted by Gasteiger charge is -2.22. The Balaban J connectivity index is 1.85. The number of rotatable bonds is 4. The van der Waals surface area contributed by atoms with Crippen LogP contribution in [0.1, 0.15) is 28.8 Å². The Morgan fingerprint density at radius 1 is 1.40 bits per heavy atom. The number of amides is 1. The van der Waals surface area contributed by atoms with Crippen LogP contribution >= 0.6 is 22.9 Å². The second kappa shape index (κ2) is 5.54. The molecule has 1 aliphatic carbocycles. The van der Waals surface area contributed by atoms with Crippen molar-refractivity contribution in [1.82, 2.24) is 4.90 Å². The van der Waals surface area contributed by atoms with Crippen LogP contribution in [0.15, 0.2) is 35.0 Å².